The van der Waals surface area contributed by atoms with E-state index in [1.807, 2.05) is 0 Å². The van der Waals surface area contributed by atoms with Gasteiger partial charge < -0.3 is 10.1 Å². The predicted molar refractivity (Wildman–Crippen MR) is 69.7 cm³/mol. The van der Waals surface area contributed by atoms with Crippen LogP contribution in [-0.4, -0.2) is 25.3 Å². The van der Waals surface area contributed by atoms with Crippen LogP contribution in [0.25, 0.3) is 0 Å². The van der Waals surface area contributed by atoms with Gasteiger partial charge in [0.15, 0.2) is 0 Å². The van der Waals surface area contributed by atoms with Crippen LogP contribution in [0.1, 0.15) is 53.4 Å². The molecule has 0 aromatic heterocycles. The second kappa shape index (κ2) is 7.29. The second-order valence-corrected chi connectivity index (χ2v) is 5.53. The third-order valence-electron chi connectivity index (χ3n) is 3.86. The monoisotopic (exact) mass is 227 g/mol. The molecule has 0 saturated heterocycles. The van der Waals surface area contributed by atoms with Crippen LogP contribution in [0.3, 0.4) is 0 Å². The van der Waals surface area contributed by atoms with Crippen molar-refractivity contribution in [2.24, 2.45) is 11.8 Å². The van der Waals surface area contributed by atoms with Crippen LogP contribution < -0.4 is 5.32 Å². The van der Waals surface area contributed by atoms with E-state index >= 15 is 0 Å². The lowest BCUT2D eigenvalue weighted by Crippen LogP contribution is -2.38. The van der Waals surface area contributed by atoms with Gasteiger partial charge in [-0.2, -0.15) is 0 Å². The van der Waals surface area contributed by atoms with E-state index in [0.717, 1.165) is 31.0 Å². The maximum Gasteiger partial charge on any atom is 0.0671 e. The Kier molecular flexibility index (Phi) is 6.37. The summed E-state index contributed by atoms with van der Waals surface area (Å²) in [6.07, 6.45) is 5.85. The van der Waals surface area contributed by atoms with Crippen molar-refractivity contribution in [3.05, 3.63) is 0 Å². The molecule has 0 aromatic carbocycles. The summed E-state index contributed by atoms with van der Waals surface area (Å²) in [4.78, 5) is 0. The maximum absolute atomic E-state index is 5.53. The first-order valence-electron chi connectivity index (χ1n) is 6.98. The maximum atomic E-state index is 5.53. The minimum Gasteiger partial charge on any atom is -0.377 e. The van der Waals surface area contributed by atoms with Crippen molar-refractivity contribution >= 4 is 0 Å². The number of nitrogens with one attached hydrogen (secondary N) is 1. The molecule has 1 N–H and O–H groups in total. The molecule has 1 saturated carbocycles. The molecule has 0 heterocycles. The molecule has 0 aromatic rings. The third kappa shape index (κ3) is 4.84. The molecule has 96 valence electrons. The highest BCUT2D eigenvalue weighted by molar-refractivity contribution is 4.79. The van der Waals surface area contributed by atoms with Gasteiger partial charge in [0, 0.05) is 19.2 Å². The molecule has 1 aliphatic rings. The average Bonchev–Trinajstić information content (AvgIpc) is 2.27. The molecule has 0 radical (unpaired) electrons. The molecular formula is C14H29NO. The molecule has 1 atom stereocenters. The van der Waals surface area contributed by atoms with Crippen LogP contribution in [0.2, 0.25) is 0 Å². The highest BCUT2D eigenvalue weighted by atomic mass is 16.5. The van der Waals surface area contributed by atoms with Gasteiger partial charge in [-0.1, -0.05) is 13.8 Å². The van der Waals surface area contributed by atoms with Crippen molar-refractivity contribution in [2.45, 2.75) is 65.5 Å². The van der Waals surface area contributed by atoms with Crippen LogP contribution in [-0.2, 0) is 4.74 Å². The summed E-state index contributed by atoms with van der Waals surface area (Å²) in [5.74, 6) is 1.82. The Labute approximate surface area is 101 Å². The lowest BCUT2D eigenvalue weighted by Gasteiger charge is -2.32. The minimum atomic E-state index is 0.354. The third-order valence-corrected chi connectivity index (χ3v) is 3.86. The fourth-order valence-electron chi connectivity index (χ4n) is 2.67. The van der Waals surface area contributed by atoms with Gasteiger partial charge in [0.1, 0.15) is 0 Å². The van der Waals surface area contributed by atoms with Gasteiger partial charge in [0.25, 0.3) is 0 Å². The van der Waals surface area contributed by atoms with Crippen LogP contribution >= 0.6 is 0 Å². The topological polar surface area (TPSA) is 21.3 Å². The number of hydrogen-bond donors (Lipinski definition) is 1. The van der Waals surface area contributed by atoms with Crippen LogP contribution in [0.4, 0.5) is 0 Å². The minimum absolute atomic E-state index is 0.354. The molecule has 1 fully saturated rings. The predicted octanol–water partition coefficient (Wildman–Crippen LogP) is 3.22. The van der Waals surface area contributed by atoms with E-state index in [9.17, 15) is 0 Å². The largest absolute Gasteiger partial charge is 0.377 e. The number of rotatable bonds is 6. The van der Waals surface area contributed by atoms with E-state index in [1.54, 1.807) is 0 Å². The normalized spacial score (nSPS) is 28.3. The van der Waals surface area contributed by atoms with Crippen LogP contribution in [0.15, 0.2) is 0 Å². The average molecular weight is 227 g/mol. The smallest absolute Gasteiger partial charge is 0.0671 e. The summed E-state index contributed by atoms with van der Waals surface area (Å²) in [6, 6.07) is 0.734. The number of hydrogen-bond acceptors (Lipinski definition) is 2. The Hall–Kier alpha value is -0.0800. The lowest BCUT2D eigenvalue weighted by atomic mass is 9.80. The molecule has 1 rings (SSSR count). The second-order valence-electron chi connectivity index (χ2n) is 5.53. The number of ether oxygens (including phenoxy) is 1. The zero-order valence-electron chi connectivity index (χ0n) is 11.5. The van der Waals surface area contributed by atoms with E-state index in [0.29, 0.717) is 6.10 Å². The van der Waals surface area contributed by atoms with Crippen molar-refractivity contribution in [3.8, 4) is 0 Å². The van der Waals surface area contributed by atoms with Gasteiger partial charge in [-0.05, 0) is 51.4 Å². The Morgan fingerprint density at radius 2 is 1.75 bits per heavy atom. The molecule has 2 heteroatoms. The SMILES string of the molecule is CCOC(C)CNC1CCC(C(C)C)CC1. The molecule has 0 spiro atoms. The summed E-state index contributed by atoms with van der Waals surface area (Å²) in [7, 11) is 0. The molecule has 2 nitrogen and oxygen atoms in total. The van der Waals surface area contributed by atoms with E-state index < -0.39 is 0 Å². The highest BCUT2D eigenvalue weighted by Crippen LogP contribution is 2.29. The van der Waals surface area contributed by atoms with E-state index in [1.165, 1.54) is 25.7 Å². The van der Waals surface area contributed by atoms with E-state index in [4.69, 9.17) is 4.74 Å². The van der Waals surface area contributed by atoms with Crippen molar-refractivity contribution in [3.63, 3.8) is 0 Å². The van der Waals surface area contributed by atoms with E-state index in [-0.39, 0.29) is 0 Å². The standard InChI is InChI=1S/C14H29NO/c1-5-16-12(4)10-15-14-8-6-13(7-9-14)11(2)3/h11-15H,5-10H2,1-4H3. The Bertz CT molecular complexity index is 174. The lowest BCUT2D eigenvalue weighted by molar-refractivity contribution is 0.0716. The van der Waals surface area contributed by atoms with Crippen LogP contribution in [0, 0.1) is 11.8 Å². The van der Waals surface area contributed by atoms with Gasteiger partial charge in [0.05, 0.1) is 6.10 Å². The van der Waals surface area contributed by atoms with Gasteiger partial charge in [-0.15, -0.1) is 0 Å². The van der Waals surface area contributed by atoms with Gasteiger partial charge in [-0.3, -0.25) is 0 Å². The van der Waals surface area contributed by atoms with Gasteiger partial charge >= 0.3 is 0 Å². The first kappa shape index (κ1) is 14.0. The first-order chi connectivity index (χ1) is 7.63. The molecule has 0 amide bonds. The Balaban J connectivity index is 2.12. The quantitative estimate of drug-likeness (QED) is 0.752. The molecule has 1 unspecified atom stereocenters. The molecule has 1 aliphatic carbocycles. The molecule has 0 bridgehead atoms. The van der Waals surface area contributed by atoms with Gasteiger partial charge in [0.2, 0.25) is 0 Å². The zero-order valence-corrected chi connectivity index (χ0v) is 11.5. The fraction of sp³-hybridized carbons (Fsp3) is 1.00. The highest BCUT2D eigenvalue weighted by Gasteiger charge is 2.22. The van der Waals surface area contributed by atoms with Crippen LogP contribution in [0.5, 0.6) is 0 Å². The Morgan fingerprint density at radius 1 is 1.12 bits per heavy atom. The zero-order chi connectivity index (χ0) is 12.0. The fourth-order valence-corrected chi connectivity index (χ4v) is 2.67. The van der Waals surface area contributed by atoms with Crippen molar-refractivity contribution < 1.29 is 4.74 Å². The molecule has 16 heavy (non-hydrogen) atoms. The first-order valence-corrected chi connectivity index (χ1v) is 6.98. The van der Waals surface area contributed by atoms with Crippen molar-refractivity contribution in [1.29, 1.82) is 0 Å². The Morgan fingerprint density at radius 3 is 2.25 bits per heavy atom. The van der Waals surface area contributed by atoms with E-state index in [2.05, 4.69) is 33.0 Å². The van der Waals surface area contributed by atoms with Crippen molar-refractivity contribution in [1.82, 2.24) is 5.32 Å². The summed E-state index contributed by atoms with van der Waals surface area (Å²) in [5, 5.41) is 3.64. The molecule has 0 aliphatic heterocycles. The summed E-state index contributed by atoms with van der Waals surface area (Å²) < 4.78 is 5.53. The molecular weight excluding hydrogens is 198 g/mol. The van der Waals surface area contributed by atoms with Gasteiger partial charge in [-0.25, -0.2) is 0 Å². The van der Waals surface area contributed by atoms with Crippen molar-refractivity contribution in [2.75, 3.05) is 13.2 Å². The summed E-state index contributed by atoms with van der Waals surface area (Å²) >= 11 is 0. The summed E-state index contributed by atoms with van der Waals surface area (Å²) in [6.45, 7) is 10.7. The summed E-state index contributed by atoms with van der Waals surface area (Å²) in [5.41, 5.74) is 0.